The summed E-state index contributed by atoms with van der Waals surface area (Å²) in [6.07, 6.45) is 3.64. The minimum atomic E-state index is -0.694. The van der Waals surface area contributed by atoms with Gasteiger partial charge in [-0.15, -0.1) is 5.73 Å². The van der Waals surface area contributed by atoms with Crippen molar-refractivity contribution in [1.82, 2.24) is 0 Å². The number of rotatable bonds is 8. The molecular weight excluding hydrogens is 407 g/mol. The largest absolute Gasteiger partial charge is 0.504 e. The van der Waals surface area contributed by atoms with E-state index in [9.17, 15) is 15.3 Å². The van der Waals surface area contributed by atoms with Crippen LogP contribution in [0.15, 0.2) is 29.5 Å². The van der Waals surface area contributed by atoms with Gasteiger partial charge in [0.2, 0.25) is 0 Å². The number of hydrogen-bond acceptors (Lipinski definition) is 4. The lowest BCUT2D eigenvalue weighted by Gasteiger charge is -2.12. The summed E-state index contributed by atoms with van der Waals surface area (Å²) in [4.78, 5) is 0. The van der Waals surface area contributed by atoms with Gasteiger partial charge in [0.05, 0.1) is 22.9 Å². The molecule has 0 aliphatic rings. The Bertz CT molecular complexity index is 575. The van der Waals surface area contributed by atoms with Crippen molar-refractivity contribution >= 4 is 22.6 Å². The third-order valence-corrected chi connectivity index (χ3v) is 4.22. The van der Waals surface area contributed by atoms with E-state index in [2.05, 4.69) is 12.7 Å². The third-order valence-electron chi connectivity index (χ3n) is 3.40. The van der Waals surface area contributed by atoms with Crippen LogP contribution in [0.25, 0.3) is 0 Å². The SMILES string of the molecule is CCCC(=C=CC[C@@H](O)c1cc(I)c(O)c(OC)c1)C[C@H](C)O. The maximum atomic E-state index is 10.3. The average molecular weight is 432 g/mol. The summed E-state index contributed by atoms with van der Waals surface area (Å²) in [5.74, 6) is 0.438. The number of hydrogen-bond donors (Lipinski definition) is 3. The summed E-state index contributed by atoms with van der Waals surface area (Å²) in [7, 11) is 1.48. The zero-order valence-corrected chi connectivity index (χ0v) is 16.0. The zero-order chi connectivity index (χ0) is 17.4. The summed E-state index contributed by atoms with van der Waals surface area (Å²) in [6, 6.07) is 3.38. The first kappa shape index (κ1) is 20.0. The van der Waals surface area contributed by atoms with Crippen molar-refractivity contribution in [3.63, 3.8) is 0 Å². The molecule has 0 saturated heterocycles. The van der Waals surface area contributed by atoms with Crippen LogP contribution in [0, 0.1) is 3.57 Å². The second-order valence-corrected chi connectivity index (χ2v) is 6.72. The lowest BCUT2D eigenvalue weighted by Crippen LogP contribution is -2.01. The van der Waals surface area contributed by atoms with Crippen LogP contribution in [-0.2, 0) is 0 Å². The van der Waals surface area contributed by atoms with Gasteiger partial charge in [0.15, 0.2) is 11.5 Å². The molecule has 1 rings (SSSR count). The molecule has 5 heteroatoms. The number of phenols is 1. The molecule has 0 radical (unpaired) electrons. The maximum absolute atomic E-state index is 10.3. The number of methoxy groups -OCH3 is 1. The summed E-state index contributed by atoms with van der Waals surface area (Å²) in [5, 5.41) is 29.6. The van der Waals surface area contributed by atoms with Gasteiger partial charge < -0.3 is 20.1 Å². The number of phenolic OH excluding ortho intramolecular Hbond substituents is 1. The second kappa shape index (κ2) is 9.98. The molecule has 4 nitrogen and oxygen atoms in total. The number of halogens is 1. The summed E-state index contributed by atoms with van der Waals surface area (Å²) in [5.41, 5.74) is 4.95. The van der Waals surface area contributed by atoms with Crippen molar-refractivity contribution < 1.29 is 20.1 Å². The Morgan fingerprint density at radius 1 is 1.39 bits per heavy atom. The van der Waals surface area contributed by atoms with E-state index in [1.54, 1.807) is 19.1 Å². The van der Waals surface area contributed by atoms with Gasteiger partial charge in [-0.2, -0.15) is 0 Å². The fourth-order valence-corrected chi connectivity index (χ4v) is 2.91. The minimum Gasteiger partial charge on any atom is -0.504 e. The molecule has 0 amide bonds. The molecule has 0 aromatic heterocycles. The quantitative estimate of drug-likeness (QED) is 0.428. The summed E-state index contributed by atoms with van der Waals surface area (Å²) < 4.78 is 5.75. The van der Waals surface area contributed by atoms with E-state index < -0.39 is 6.10 Å². The Labute approximate surface area is 151 Å². The van der Waals surface area contributed by atoms with Crippen molar-refractivity contribution in [3.05, 3.63) is 38.6 Å². The van der Waals surface area contributed by atoms with Crippen LogP contribution >= 0.6 is 22.6 Å². The van der Waals surface area contributed by atoms with Gasteiger partial charge in [0.1, 0.15) is 0 Å². The van der Waals surface area contributed by atoms with Gasteiger partial charge in [-0.3, -0.25) is 0 Å². The molecule has 1 aromatic carbocycles. The molecule has 3 N–H and O–H groups in total. The minimum absolute atomic E-state index is 0.0849. The summed E-state index contributed by atoms with van der Waals surface area (Å²) >= 11 is 2.01. The lowest BCUT2D eigenvalue weighted by molar-refractivity contribution is 0.181. The first-order valence-corrected chi connectivity index (χ1v) is 8.82. The van der Waals surface area contributed by atoms with Crippen molar-refractivity contribution in [2.24, 2.45) is 0 Å². The topological polar surface area (TPSA) is 69.9 Å². The van der Waals surface area contributed by atoms with Gasteiger partial charge in [-0.25, -0.2) is 0 Å². The maximum Gasteiger partial charge on any atom is 0.171 e. The molecular formula is C18H25IO4. The van der Waals surface area contributed by atoms with Crippen LogP contribution in [0.5, 0.6) is 11.5 Å². The highest BCUT2D eigenvalue weighted by Gasteiger charge is 2.13. The van der Waals surface area contributed by atoms with Gasteiger partial charge in [0, 0.05) is 12.8 Å². The Kier molecular flexibility index (Phi) is 8.69. The average Bonchev–Trinajstić information content (AvgIpc) is 2.49. The van der Waals surface area contributed by atoms with Crippen LogP contribution in [0.2, 0.25) is 0 Å². The van der Waals surface area contributed by atoms with Crippen molar-refractivity contribution in [2.75, 3.05) is 7.11 Å². The molecule has 23 heavy (non-hydrogen) atoms. The van der Waals surface area contributed by atoms with Crippen LogP contribution in [0.1, 0.15) is 51.2 Å². The predicted molar refractivity (Wildman–Crippen MR) is 99.8 cm³/mol. The van der Waals surface area contributed by atoms with Crippen LogP contribution in [0.3, 0.4) is 0 Å². The van der Waals surface area contributed by atoms with E-state index in [0.717, 1.165) is 18.4 Å². The number of ether oxygens (including phenoxy) is 1. The zero-order valence-electron chi connectivity index (χ0n) is 13.8. The fourth-order valence-electron chi connectivity index (χ4n) is 2.28. The number of aliphatic hydroxyl groups is 2. The van der Waals surface area contributed by atoms with Gasteiger partial charge in [-0.1, -0.05) is 13.3 Å². The normalized spacial score (nSPS) is 13.1. The summed E-state index contributed by atoms with van der Waals surface area (Å²) in [6.45, 7) is 3.85. The van der Waals surface area contributed by atoms with E-state index in [-0.39, 0.29) is 11.9 Å². The second-order valence-electron chi connectivity index (χ2n) is 5.56. The molecule has 0 bridgehead atoms. The van der Waals surface area contributed by atoms with Crippen LogP contribution in [-0.4, -0.2) is 28.5 Å². The van der Waals surface area contributed by atoms with E-state index in [1.807, 2.05) is 28.7 Å². The Morgan fingerprint density at radius 3 is 2.65 bits per heavy atom. The predicted octanol–water partition coefficient (Wildman–Crippen LogP) is 4.08. The molecule has 0 fully saturated rings. The molecule has 0 spiro atoms. The first-order chi connectivity index (χ1) is 10.9. The standard InChI is InChI=1S/C18H25IO4/c1-4-6-13(9-12(2)20)7-5-8-16(21)14-10-15(19)18(22)17(11-14)23-3/h5,10-12,16,20-22H,4,6,8-9H2,1-3H3/t7?,12-,16+/m0/s1. The van der Waals surface area contributed by atoms with Gasteiger partial charge >= 0.3 is 0 Å². The molecule has 0 aliphatic heterocycles. The monoisotopic (exact) mass is 432 g/mol. The Balaban J connectivity index is 2.88. The van der Waals surface area contributed by atoms with E-state index in [0.29, 0.717) is 27.7 Å². The molecule has 1 aromatic rings. The third kappa shape index (κ3) is 6.55. The highest BCUT2D eigenvalue weighted by Crippen LogP contribution is 2.35. The highest BCUT2D eigenvalue weighted by molar-refractivity contribution is 14.1. The number of aliphatic hydroxyl groups excluding tert-OH is 2. The van der Waals surface area contributed by atoms with E-state index in [1.165, 1.54) is 7.11 Å². The van der Waals surface area contributed by atoms with Crippen molar-refractivity contribution in [2.45, 2.75) is 51.7 Å². The van der Waals surface area contributed by atoms with Gasteiger partial charge in [0.25, 0.3) is 0 Å². The van der Waals surface area contributed by atoms with Crippen LogP contribution < -0.4 is 4.74 Å². The molecule has 0 unspecified atom stereocenters. The van der Waals surface area contributed by atoms with Crippen LogP contribution in [0.4, 0.5) is 0 Å². The lowest BCUT2D eigenvalue weighted by atomic mass is 10.0. The molecule has 128 valence electrons. The Hall–Kier alpha value is -1.01. The number of aromatic hydroxyl groups is 1. The highest BCUT2D eigenvalue weighted by atomic mass is 127. The molecule has 2 atom stereocenters. The Morgan fingerprint density at radius 2 is 2.09 bits per heavy atom. The van der Waals surface area contributed by atoms with Crippen molar-refractivity contribution in [1.29, 1.82) is 0 Å². The fraction of sp³-hybridized carbons (Fsp3) is 0.500. The molecule has 0 saturated carbocycles. The first-order valence-electron chi connectivity index (χ1n) is 7.74. The van der Waals surface area contributed by atoms with E-state index in [4.69, 9.17) is 4.74 Å². The smallest absolute Gasteiger partial charge is 0.171 e. The molecule has 0 heterocycles. The molecule has 0 aliphatic carbocycles. The van der Waals surface area contributed by atoms with E-state index >= 15 is 0 Å². The number of benzene rings is 1. The van der Waals surface area contributed by atoms with Gasteiger partial charge in [-0.05, 0) is 65.3 Å². The van der Waals surface area contributed by atoms with Crippen molar-refractivity contribution in [3.8, 4) is 11.5 Å².